The molecular weight excluding hydrogens is 250 g/mol. The fraction of sp³-hybridized carbons (Fsp3) is 0.125. The molecule has 1 aromatic heterocycles. The predicted octanol–water partition coefficient (Wildman–Crippen LogP) is 3.17. The molecule has 0 unspecified atom stereocenters. The van der Waals surface area contributed by atoms with Crippen molar-refractivity contribution in [3.05, 3.63) is 59.9 Å². The average Bonchev–Trinajstić information content (AvgIpc) is 2.49. The second-order valence-corrected chi connectivity index (χ2v) is 4.72. The van der Waals surface area contributed by atoms with Crippen molar-refractivity contribution >= 4 is 22.4 Å². The summed E-state index contributed by atoms with van der Waals surface area (Å²) in [7, 11) is 0. The molecule has 0 amide bonds. The van der Waals surface area contributed by atoms with E-state index in [1.807, 2.05) is 30.3 Å². The van der Waals surface area contributed by atoms with E-state index in [0.717, 1.165) is 28.0 Å². The van der Waals surface area contributed by atoms with Crippen molar-refractivity contribution in [1.29, 1.82) is 0 Å². The molecule has 0 aliphatic heterocycles. The smallest absolute Gasteiger partial charge is 0.141 e. The predicted molar refractivity (Wildman–Crippen MR) is 79.9 cm³/mol. The van der Waals surface area contributed by atoms with Crippen LogP contribution in [0, 0.1) is 6.92 Å². The third-order valence-electron chi connectivity index (χ3n) is 3.20. The molecule has 0 radical (unpaired) electrons. The first-order valence-corrected chi connectivity index (χ1v) is 6.44. The number of aryl methyl sites for hydroxylation is 1. The Hall–Kier alpha value is -2.46. The van der Waals surface area contributed by atoms with E-state index in [9.17, 15) is 0 Å². The van der Waals surface area contributed by atoms with Crippen LogP contribution in [-0.4, -0.2) is 15.1 Å². The minimum absolute atomic E-state index is 0.0146. The maximum atomic E-state index is 9.17. The lowest BCUT2D eigenvalue weighted by atomic mass is 10.1. The van der Waals surface area contributed by atoms with Crippen molar-refractivity contribution in [2.75, 3.05) is 5.32 Å². The number of benzene rings is 2. The number of nitrogens with one attached hydrogen (secondary N) is 1. The Bertz CT molecular complexity index is 738. The molecule has 1 heterocycles. The second kappa shape index (κ2) is 5.27. The van der Waals surface area contributed by atoms with Crippen LogP contribution >= 0.6 is 0 Å². The zero-order valence-electron chi connectivity index (χ0n) is 11.2. The van der Waals surface area contributed by atoms with Crippen molar-refractivity contribution in [3.63, 3.8) is 0 Å². The molecule has 0 saturated carbocycles. The molecule has 2 aromatic carbocycles. The summed E-state index contributed by atoms with van der Waals surface area (Å²) in [5.74, 6) is 0.767. The van der Waals surface area contributed by atoms with Gasteiger partial charge in [0.15, 0.2) is 0 Å². The highest BCUT2D eigenvalue weighted by Gasteiger charge is 2.04. The first-order valence-electron chi connectivity index (χ1n) is 6.44. The third kappa shape index (κ3) is 2.46. The van der Waals surface area contributed by atoms with Crippen LogP contribution in [0.4, 0.5) is 11.5 Å². The van der Waals surface area contributed by atoms with E-state index in [1.54, 1.807) is 0 Å². The van der Waals surface area contributed by atoms with Crippen LogP contribution in [-0.2, 0) is 6.61 Å². The zero-order valence-corrected chi connectivity index (χ0v) is 11.2. The van der Waals surface area contributed by atoms with Crippen LogP contribution in [0.1, 0.15) is 11.1 Å². The molecule has 0 saturated heterocycles. The first-order chi connectivity index (χ1) is 9.76. The highest BCUT2D eigenvalue weighted by Crippen LogP contribution is 2.23. The van der Waals surface area contributed by atoms with Gasteiger partial charge in [0.2, 0.25) is 0 Å². The summed E-state index contributed by atoms with van der Waals surface area (Å²) < 4.78 is 0. The van der Waals surface area contributed by atoms with E-state index >= 15 is 0 Å². The molecule has 0 atom stereocenters. The summed E-state index contributed by atoms with van der Waals surface area (Å²) in [6.07, 6.45) is 1.53. The van der Waals surface area contributed by atoms with Gasteiger partial charge < -0.3 is 10.4 Å². The number of aromatic nitrogens is 2. The van der Waals surface area contributed by atoms with Crippen molar-refractivity contribution in [2.45, 2.75) is 13.5 Å². The number of rotatable bonds is 3. The van der Waals surface area contributed by atoms with Crippen LogP contribution in [0.3, 0.4) is 0 Å². The van der Waals surface area contributed by atoms with Gasteiger partial charge in [0, 0.05) is 11.1 Å². The topological polar surface area (TPSA) is 58.0 Å². The molecule has 100 valence electrons. The zero-order chi connectivity index (χ0) is 13.9. The monoisotopic (exact) mass is 265 g/mol. The molecule has 3 aromatic rings. The molecule has 0 fully saturated rings. The van der Waals surface area contributed by atoms with Crippen molar-refractivity contribution < 1.29 is 5.11 Å². The fourth-order valence-corrected chi connectivity index (χ4v) is 2.07. The summed E-state index contributed by atoms with van der Waals surface area (Å²) >= 11 is 0. The Morgan fingerprint density at radius 2 is 1.85 bits per heavy atom. The maximum absolute atomic E-state index is 9.17. The standard InChI is InChI=1S/C16H15N3O/c1-11-2-5-13(6-3-11)19-16-14-7-4-12(9-20)8-15(14)17-10-18-16/h2-8,10,20H,9H2,1H3,(H,17,18,19). The number of nitrogens with zero attached hydrogens (tertiary/aromatic N) is 2. The molecule has 0 bridgehead atoms. The van der Waals surface area contributed by atoms with Gasteiger partial charge in [0.1, 0.15) is 12.1 Å². The molecule has 2 N–H and O–H groups in total. The van der Waals surface area contributed by atoms with E-state index in [4.69, 9.17) is 5.11 Å². The van der Waals surface area contributed by atoms with Gasteiger partial charge >= 0.3 is 0 Å². The molecule has 4 heteroatoms. The van der Waals surface area contributed by atoms with Crippen LogP contribution < -0.4 is 5.32 Å². The number of aliphatic hydroxyl groups is 1. The molecule has 20 heavy (non-hydrogen) atoms. The van der Waals surface area contributed by atoms with Crippen molar-refractivity contribution in [1.82, 2.24) is 9.97 Å². The normalized spacial score (nSPS) is 10.7. The summed E-state index contributed by atoms with van der Waals surface area (Å²) in [5, 5.41) is 13.4. The molecule has 0 aliphatic carbocycles. The molecule has 0 spiro atoms. The number of hydrogen-bond donors (Lipinski definition) is 2. The summed E-state index contributed by atoms with van der Waals surface area (Å²) in [6, 6.07) is 13.8. The molecule has 0 aliphatic rings. The lowest BCUT2D eigenvalue weighted by Crippen LogP contribution is -1.96. The van der Waals surface area contributed by atoms with Crippen molar-refractivity contribution in [3.8, 4) is 0 Å². The van der Waals surface area contributed by atoms with Crippen LogP contribution in [0.15, 0.2) is 48.8 Å². The fourth-order valence-electron chi connectivity index (χ4n) is 2.07. The van der Waals surface area contributed by atoms with Gasteiger partial charge in [-0.2, -0.15) is 0 Å². The summed E-state index contributed by atoms with van der Waals surface area (Å²) in [6.45, 7) is 2.07. The van der Waals surface area contributed by atoms with E-state index in [0.29, 0.717) is 0 Å². The molecular formula is C16H15N3O. The summed E-state index contributed by atoms with van der Waals surface area (Å²) in [4.78, 5) is 8.54. The average molecular weight is 265 g/mol. The minimum atomic E-state index is 0.0146. The van der Waals surface area contributed by atoms with Gasteiger partial charge in [0.05, 0.1) is 12.1 Å². The lowest BCUT2D eigenvalue weighted by Gasteiger charge is -2.09. The van der Waals surface area contributed by atoms with E-state index in [-0.39, 0.29) is 6.61 Å². The van der Waals surface area contributed by atoms with Gasteiger partial charge in [-0.15, -0.1) is 0 Å². The van der Waals surface area contributed by atoms with Gasteiger partial charge in [0.25, 0.3) is 0 Å². The van der Waals surface area contributed by atoms with Crippen LogP contribution in [0.2, 0.25) is 0 Å². The van der Waals surface area contributed by atoms with E-state index < -0.39 is 0 Å². The highest BCUT2D eigenvalue weighted by molar-refractivity contribution is 5.90. The van der Waals surface area contributed by atoms with Gasteiger partial charge in [-0.1, -0.05) is 23.8 Å². The Kier molecular flexibility index (Phi) is 3.31. The largest absolute Gasteiger partial charge is 0.392 e. The number of hydrogen-bond acceptors (Lipinski definition) is 4. The lowest BCUT2D eigenvalue weighted by molar-refractivity contribution is 0.282. The number of anilines is 2. The Balaban J connectivity index is 2.01. The second-order valence-electron chi connectivity index (χ2n) is 4.72. The van der Waals surface area contributed by atoms with E-state index in [1.165, 1.54) is 11.9 Å². The Morgan fingerprint density at radius 3 is 2.60 bits per heavy atom. The number of fused-ring (bicyclic) bond motifs is 1. The van der Waals surface area contributed by atoms with Crippen molar-refractivity contribution in [2.24, 2.45) is 0 Å². The Labute approximate surface area is 117 Å². The van der Waals surface area contributed by atoms with Gasteiger partial charge in [-0.05, 0) is 36.8 Å². The van der Waals surface area contributed by atoms with Crippen LogP contribution in [0.25, 0.3) is 10.9 Å². The maximum Gasteiger partial charge on any atom is 0.141 e. The quantitative estimate of drug-likeness (QED) is 0.763. The van der Waals surface area contributed by atoms with E-state index in [2.05, 4.69) is 34.3 Å². The third-order valence-corrected chi connectivity index (χ3v) is 3.20. The van der Waals surface area contributed by atoms with Gasteiger partial charge in [-0.25, -0.2) is 9.97 Å². The number of aliphatic hydroxyl groups excluding tert-OH is 1. The highest BCUT2D eigenvalue weighted by atomic mass is 16.3. The first kappa shape index (κ1) is 12.6. The Morgan fingerprint density at radius 1 is 1.05 bits per heavy atom. The SMILES string of the molecule is Cc1ccc(Nc2ncnc3cc(CO)ccc23)cc1. The van der Waals surface area contributed by atoms with Crippen LogP contribution in [0.5, 0.6) is 0 Å². The molecule has 4 nitrogen and oxygen atoms in total. The summed E-state index contributed by atoms with van der Waals surface area (Å²) in [5.41, 5.74) is 3.87. The minimum Gasteiger partial charge on any atom is -0.392 e. The molecule has 3 rings (SSSR count). The van der Waals surface area contributed by atoms with Gasteiger partial charge in [-0.3, -0.25) is 0 Å².